The topological polar surface area (TPSA) is 122 Å². The maximum absolute atomic E-state index is 10.8. The van der Waals surface area contributed by atoms with E-state index in [0.717, 1.165) is 70.6 Å². The summed E-state index contributed by atoms with van der Waals surface area (Å²) in [5.41, 5.74) is 9.60. The number of aromatic nitrogens is 2. The maximum atomic E-state index is 10.8. The number of carboxylic acid groups (broad SMARTS) is 2. The van der Waals surface area contributed by atoms with E-state index in [2.05, 4.69) is 72.3 Å². The first kappa shape index (κ1) is 39.7. The summed E-state index contributed by atoms with van der Waals surface area (Å²) in [7, 11) is 1.75. The highest BCUT2D eigenvalue weighted by atomic mass is 32.1. The molecule has 4 aromatic carbocycles. The van der Waals surface area contributed by atoms with E-state index in [4.69, 9.17) is 19.7 Å². The molecule has 9 nitrogen and oxygen atoms in total. The van der Waals surface area contributed by atoms with Crippen LogP contribution in [0.3, 0.4) is 0 Å². The van der Waals surface area contributed by atoms with Gasteiger partial charge in [-0.2, -0.15) is 0 Å². The molecule has 0 atom stereocenters. The average Bonchev–Trinajstić information content (AvgIpc) is 3.71. The van der Waals surface area contributed by atoms with Crippen molar-refractivity contribution in [3.05, 3.63) is 134 Å². The van der Waals surface area contributed by atoms with E-state index in [1.165, 1.54) is 11.1 Å². The minimum Gasteiger partial charge on any atom is -0.488 e. The molecule has 0 fully saturated rings. The number of aliphatic carboxylic acids is 2. The number of likely N-dealkylation sites (N-methyl/N-ethyl adjacent to an activating group) is 1. The van der Waals surface area contributed by atoms with Crippen molar-refractivity contribution in [2.24, 2.45) is 0 Å². The summed E-state index contributed by atoms with van der Waals surface area (Å²) in [6.07, 6.45) is 0.679. The summed E-state index contributed by atoms with van der Waals surface area (Å²) >= 11 is 3.30. The maximum Gasteiger partial charge on any atom is 0.323 e. The van der Waals surface area contributed by atoms with E-state index in [1.54, 1.807) is 34.6 Å². The number of nitrogens with zero attached hydrogens (tertiary/aromatic N) is 3. The van der Waals surface area contributed by atoms with Crippen molar-refractivity contribution in [2.45, 2.75) is 60.7 Å². The Bertz CT molecular complexity index is 2180. The van der Waals surface area contributed by atoms with Crippen LogP contribution in [0, 0.1) is 34.6 Å². The molecular formula is C43H45N3O6S2. The van der Waals surface area contributed by atoms with Crippen molar-refractivity contribution < 1.29 is 29.3 Å². The third-order valence-corrected chi connectivity index (χ3v) is 11.1. The zero-order valence-electron chi connectivity index (χ0n) is 31.4. The first-order chi connectivity index (χ1) is 25.8. The Balaban J connectivity index is 0.000000208. The monoisotopic (exact) mass is 763 g/mol. The van der Waals surface area contributed by atoms with Crippen LogP contribution in [0.4, 0.5) is 5.69 Å². The molecule has 0 spiro atoms. The molecule has 0 aliphatic heterocycles. The van der Waals surface area contributed by atoms with Crippen LogP contribution < -0.4 is 14.4 Å². The van der Waals surface area contributed by atoms with Gasteiger partial charge in [0, 0.05) is 30.3 Å². The zero-order valence-corrected chi connectivity index (χ0v) is 33.0. The van der Waals surface area contributed by atoms with Gasteiger partial charge < -0.3 is 24.6 Å². The standard InChI is InChI=1S/C22H23NO3S.C21H22N2O3S/c1-14-4-6-18(7-5-14)22-23-16(3)20(27-22)13-26-19-10-8-17(15(2)12-19)9-11-21(24)25;1-14-4-6-16(7-5-14)21-22-15(2)19(27-21)13-26-18-10-8-17(9-11-18)23(3)12-20(24)25/h4-8,10,12H,9,11,13H2,1-3H3,(H,24,25);4-11H,12-13H2,1-3H3,(H,24,25). The van der Waals surface area contributed by atoms with Gasteiger partial charge in [0.15, 0.2) is 0 Å². The fraction of sp³-hybridized carbons (Fsp3) is 0.256. The van der Waals surface area contributed by atoms with Crippen LogP contribution in [0.25, 0.3) is 21.1 Å². The van der Waals surface area contributed by atoms with E-state index in [-0.39, 0.29) is 13.0 Å². The Labute approximate surface area is 324 Å². The summed E-state index contributed by atoms with van der Waals surface area (Å²) in [4.78, 5) is 34.7. The minimum atomic E-state index is -0.858. The number of ether oxygens (including phenoxy) is 2. The summed E-state index contributed by atoms with van der Waals surface area (Å²) in [6, 6.07) is 30.0. The SMILES string of the molecule is Cc1ccc(-c2nc(C)c(COc3ccc(CCC(=O)O)c(C)c3)s2)cc1.Cc1ccc(-c2nc(C)c(COc3ccc(N(C)CC(=O)O)cc3)s2)cc1. The Hall–Kier alpha value is -5.52. The van der Waals surface area contributed by atoms with Crippen LogP contribution in [0.15, 0.2) is 91.0 Å². The van der Waals surface area contributed by atoms with Crippen LogP contribution >= 0.6 is 22.7 Å². The van der Waals surface area contributed by atoms with Gasteiger partial charge in [-0.05, 0) is 88.6 Å². The molecule has 0 saturated heterocycles. The molecule has 0 unspecified atom stereocenters. The van der Waals surface area contributed by atoms with Crippen molar-refractivity contribution in [3.8, 4) is 32.6 Å². The number of aryl methyl sites for hydroxylation is 6. The van der Waals surface area contributed by atoms with Gasteiger partial charge in [-0.3, -0.25) is 9.59 Å². The van der Waals surface area contributed by atoms with Gasteiger partial charge in [0.05, 0.1) is 21.1 Å². The zero-order chi connectivity index (χ0) is 38.8. The predicted molar refractivity (Wildman–Crippen MR) is 217 cm³/mol. The number of rotatable bonds is 14. The minimum absolute atomic E-state index is 0.0396. The number of hydrogen-bond acceptors (Lipinski definition) is 9. The second kappa shape index (κ2) is 18.5. The molecular weight excluding hydrogens is 719 g/mol. The molecule has 0 bridgehead atoms. The first-order valence-corrected chi connectivity index (χ1v) is 19.1. The molecule has 0 amide bonds. The quantitative estimate of drug-likeness (QED) is 0.112. The third kappa shape index (κ3) is 11.2. The van der Waals surface area contributed by atoms with E-state index >= 15 is 0 Å². The molecule has 0 saturated carbocycles. The fourth-order valence-corrected chi connectivity index (χ4v) is 7.39. The van der Waals surface area contributed by atoms with Crippen LogP contribution in [0.5, 0.6) is 11.5 Å². The molecule has 280 valence electrons. The van der Waals surface area contributed by atoms with Gasteiger partial charge in [-0.15, -0.1) is 22.7 Å². The van der Waals surface area contributed by atoms with Gasteiger partial charge in [0.1, 0.15) is 41.3 Å². The normalized spacial score (nSPS) is 10.7. The van der Waals surface area contributed by atoms with Crippen LogP contribution in [-0.4, -0.2) is 45.7 Å². The summed E-state index contributed by atoms with van der Waals surface area (Å²) in [5, 5.41) is 19.7. The van der Waals surface area contributed by atoms with Gasteiger partial charge in [-0.25, -0.2) is 9.97 Å². The van der Waals surface area contributed by atoms with Crippen LogP contribution in [0.2, 0.25) is 0 Å². The summed E-state index contributed by atoms with van der Waals surface area (Å²) in [5.74, 6) is -0.105. The lowest BCUT2D eigenvalue weighted by atomic mass is 10.0. The summed E-state index contributed by atoms with van der Waals surface area (Å²) in [6.45, 7) is 11.0. The van der Waals surface area contributed by atoms with E-state index in [9.17, 15) is 9.59 Å². The van der Waals surface area contributed by atoms with Gasteiger partial charge in [0.25, 0.3) is 0 Å². The first-order valence-electron chi connectivity index (χ1n) is 17.5. The highest BCUT2D eigenvalue weighted by Crippen LogP contribution is 2.31. The van der Waals surface area contributed by atoms with Crippen molar-refractivity contribution in [2.75, 3.05) is 18.5 Å². The van der Waals surface area contributed by atoms with E-state index in [0.29, 0.717) is 19.6 Å². The Kier molecular flexibility index (Phi) is 13.6. The second-order valence-corrected chi connectivity index (χ2v) is 15.3. The van der Waals surface area contributed by atoms with Crippen LogP contribution in [-0.2, 0) is 29.2 Å². The van der Waals surface area contributed by atoms with Crippen molar-refractivity contribution in [1.29, 1.82) is 0 Å². The molecule has 0 aliphatic carbocycles. The van der Waals surface area contributed by atoms with Crippen molar-refractivity contribution >= 4 is 40.3 Å². The number of benzene rings is 4. The lowest BCUT2D eigenvalue weighted by molar-refractivity contribution is -0.137. The predicted octanol–water partition coefficient (Wildman–Crippen LogP) is 9.86. The Morgan fingerprint density at radius 1 is 0.648 bits per heavy atom. The number of anilines is 1. The third-order valence-electron chi connectivity index (χ3n) is 8.69. The Morgan fingerprint density at radius 2 is 1.13 bits per heavy atom. The van der Waals surface area contributed by atoms with Crippen LogP contribution in [0.1, 0.15) is 49.8 Å². The Morgan fingerprint density at radius 3 is 1.59 bits per heavy atom. The highest BCUT2D eigenvalue weighted by Gasteiger charge is 2.13. The molecule has 0 aliphatic rings. The van der Waals surface area contributed by atoms with E-state index < -0.39 is 11.9 Å². The molecule has 2 N–H and O–H groups in total. The molecule has 6 rings (SSSR count). The van der Waals surface area contributed by atoms with E-state index in [1.807, 2.05) is 63.2 Å². The van der Waals surface area contributed by atoms with Gasteiger partial charge in [0.2, 0.25) is 0 Å². The molecule has 2 aromatic heterocycles. The molecule has 11 heteroatoms. The van der Waals surface area contributed by atoms with Crippen molar-refractivity contribution in [3.63, 3.8) is 0 Å². The molecule has 2 heterocycles. The van der Waals surface area contributed by atoms with Gasteiger partial charge >= 0.3 is 11.9 Å². The number of carbonyl (C=O) groups is 2. The highest BCUT2D eigenvalue weighted by molar-refractivity contribution is 7.15. The average molecular weight is 764 g/mol. The molecule has 54 heavy (non-hydrogen) atoms. The molecule has 6 aromatic rings. The fourth-order valence-electron chi connectivity index (χ4n) is 5.43. The largest absolute Gasteiger partial charge is 0.488 e. The lowest BCUT2D eigenvalue weighted by Gasteiger charge is -2.17. The smallest absolute Gasteiger partial charge is 0.323 e. The number of thiazole rings is 2. The van der Waals surface area contributed by atoms with Gasteiger partial charge in [-0.1, -0.05) is 65.7 Å². The number of hydrogen-bond donors (Lipinski definition) is 2. The van der Waals surface area contributed by atoms with Crippen molar-refractivity contribution in [1.82, 2.24) is 9.97 Å². The lowest BCUT2D eigenvalue weighted by Crippen LogP contribution is -2.24. The summed E-state index contributed by atoms with van der Waals surface area (Å²) < 4.78 is 11.8. The molecule has 0 radical (unpaired) electrons. The number of carboxylic acids is 2. The second-order valence-electron chi connectivity index (χ2n) is 13.1.